The molecule has 2 aromatic rings. The van der Waals surface area contributed by atoms with Gasteiger partial charge in [-0.3, -0.25) is 9.10 Å². The number of sulfonamides is 1. The first-order valence-corrected chi connectivity index (χ1v) is 11.9. The highest BCUT2D eigenvalue weighted by Gasteiger charge is 2.21. The molecule has 0 fully saturated rings. The van der Waals surface area contributed by atoms with Crippen LogP contribution in [0.25, 0.3) is 0 Å². The molecular formula is C23H32N2O4S. The van der Waals surface area contributed by atoms with Crippen molar-refractivity contribution < 1.29 is 17.9 Å². The average molecular weight is 433 g/mol. The summed E-state index contributed by atoms with van der Waals surface area (Å²) in [6, 6.07) is 11.6. The van der Waals surface area contributed by atoms with Gasteiger partial charge in [-0.2, -0.15) is 0 Å². The van der Waals surface area contributed by atoms with Crippen LogP contribution in [0.5, 0.6) is 5.75 Å². The number of nitrogens with one attached hydrogen (secondary N) is 1. The predicted octanol–water partition coefficient (Wildman–Crippen LogP) is 3.66. The minimum Gasteiger partial charge on any atom is -0.492 e. The largest absolute Gasteiger partial charge is 0.492 e. The number of ether oxygens (including phenoxy) is 1. The summed E-state index contributed by atoms with van der Waals surface area (Å²) in [5.41, 5.74) is 4.86. The Bertz CT molecular complexity index is 966. The van der Waals surface area contributed by atoms with Crippen molar-refractivity contribution in [2.24, 2.45) is 0 Å². The van der Waals surface area contributed by atoms with Crippen LogP contribution in [0.15, 0.2) is 36.4 Å². The summed E-state index contributed by atoms with van der Waals surface area (Å²) in [7, 11) is -3.44. The first-order chi connectivity index (χ1) is 14.1. The van der Waals surface area contributed by atoms with Crippen molar-refractivity contribution in [2.45, 2.75) is 40.5 Å². The highest BCUT2D eigenvalue weighted by molar-refractivity contribution is 7.92. The SMILES string of the molecule is Cc1ccc(OCCNC(=O)CCCN(c2c(C)cccc2C)S(C)(=O)=O)cc1C. The van der Waals surface area contributed by atoms with E-state index in [1.165, 1.54) is 16.1 Å². The summed E-state index contributed by atoms with van der Waals surface area (Å²) in [6.07, 6.45) is 1.88. The van der Waals surface area contributed by atoms with Crippen LogP contribution in [0.4, 0.5) is 5.69 Å². The van der Waals surface area contributed by atoms with Gasteiger partial charge in [-0.25, -0.2) is 8.42 Å². The Labute approximate surface area is 180 Å². The molecule has 1 amide bonds. The number of hydrogen-bond donors (Lipinski definition) is 1. The van der Waals surface area contributed by atoms with Gasteiger partial charge in [0.05, 0.1) is 18.5 Å². The number of benzene rings is 2. The third kappa shape index (κ3) is 6.76. The number of nitrogens with zero attached hydrogens (tertiary/aromatic N) is 1. The van der Waals surface area contributed by atoms with Crippen LogP contribution in [0.3, 0.4) is 0 Å². The molecule has 2 aromatic carbocycles. The Balaban J connectivity index is 1.81. The van der Waals surface area contributed by atoms with Crippen molar-refractivity contribution in [1.29, 1.82) is 0 Å². The fourth-order valence-corrected chi connectivity index (χ4v) is 4.36. The Morgan fingerprint density at radius 1 is 1.00 bits per heavy atom. The Kier molecular flexibility index (Phi) is 8.29. The van der Waals surface area contributed by atoms with E-state index < -0.39 is 10.0 Å². The van der Waals surface area contributed by atoms with Gasteiger partial charge in [-0.1, -0.05) is 24.3 Å². The standard InChI is InChI=1S/C23H32N2O4S/c1-17-11-12-21(16-20(17)4)29-15-13-24-22(26)10-7-14-25(30(5,27)28)23-18(2)8-6-9-19(23)3/h6,8-9,11-12,16H,7,10,13-15H2,1-5H3,(H,24,26). The van der Waals surface area contributed by atoms with Crippen molar-refractivity contribution in [3.8, 4) is 5.75 Å². The maximum absolute atomic E-state index is 12.3. The number of carbonyl (C=O) groups is 1. The minimum absolute atomic E-state index is 0.117. The highest BCUT2D eigenvalue weighted by atomic mass is 32.2. The number of aryl methyl sites for hydroxylation is 4. The van der Waals surface area contributed by atoms with Crippen molar-refractivity contribution in [3.63, 3.8) is 0 Å². The normalized spacial score (nSPS) is 11.2. The summed E-state index contributed by atoms with van der Waals surface area (Å²) in [5, 5.41) is 2.82. The van der Waals surface area contributed by atoms with Gasteiger partial charge in [-0.05, 0) is 68.5 Å². The molecule has 6 nitrogen and oxygen atoms in total. The number of rotatable bonds is 10. The summed E-state index contributed by atoms with van der Waals surface area (Å²) in [4.78, 5) is 12.1. The van der Waals surface area contributed by atoms with Crippen molar-refractivity contribution in [3.05, 3.63) is 58.7 Å². The number of amides is 1. The van der Waals surface area contributed by atoms with Crippen molar-refractivity contribution >= 4 is 21.6 Å². The second kappa shape index (κ2) is 10.5. The Hall–Kier alpha value is -2.54. The number of para-hydroxylation sites is 1. The van der Waals surface area contributed by atoms with Crippen molar-refractivity contribution in [1.82, 2.24) is 5.32 Å². The quantitative estimate of drug-likeness (QED) is 0.582. The van der Waals surface area contributed by atoms with Crippen LogP contribution >= 0.6 is 0 Å². The molecule has 0 saturated heterocycles. The molecule has 7 heteroatoms. The molecule has 0 spiro atoms. The average Bonchev–Trinajstić information content (AvgIpc) is 2.65. The fraction of sp³-hybridized carbons (Fsp3) is 0.435. The van der Waals surface area contributed by atoms with E-state index >= 15 is 0 Å². The van der Waals surface area contributed by atoms with Gasteiger partial charge < -0.3 is 10.1 Å². The van der Waals surface area contributed by atoms with E-state index in [0.717, 1.165) is 22.4 Å². The zero-order valence-electron chi connectivity index (χ0n) is 18.5. The van der Waals surface area contributed by atoms with Crippen LogP contribution in [0.1, 0.15) is 35.1 Å². The van der Waals surface area contributed by atoms with Gasteiger partial charge in [0.1, 0.15) is 12.4 Å². The molecule has 0 aromatic heterocycles. The highest BCUT2D eigenvalue weighted by Crippen LogP contribution is 2.27. The van der Waals surface area contributed by atoms with Crippen LogP contribution in [-0.4, -0.2) is 40.3 Å². The van der Waals surface area contributed by atoms with E-state index in [1.54, 1.807) is 0 Å². The lowest BCUT2D eigenvalue weighted by molar-refractivity contribution is -0.121. The summed E-state index contributed by atoms with van der Waals surface area (Å²) in [5.74, 6) is 0.665. The summed E-state index contributed by atoms with van der Waals surface area (Å²) >= 11 is 0. The molecule has 0 radical (unpaired) electrons. The lowest BCUT2D eigenvalue weighted by atomic mass is 10.1. The number of anilines is 1. The van der Waals surface area contributed by atoms with Gasteiger partial charge in [0.25, 0.3) is 0 Å². The molecule has 0 unspecified atom stereocenters. The third-order valence-corrected chi connectivity index (χ3v) is 6.19. The van der Waals surface area contributed by atoms with Gasteiger partial charge >= 0.3 is 0 Å². The van der Waals surface area contributed by atoms with Gasteiger partial charge in [0.2, 0.25) is 15.9 Å². The zero-order valence-corrected chi connectivity index (χ0v) is 19.3. The molecule has 0 heterocycles. The smallest absolute Gasteiger partial charge is 0.232 e. The Morgan fingerprint density at radius 3 is 2.27 bits per heavy atom. The molecule has 0 aliphatic rings. The molecule has 30 heavy (non-hydrogen) atoms. The van der Waals surface area contributed by atoms with Crippen LogP contribution < -0.4 is 14.4 Å². The number of carbonyl (C=O) groups excluding carboxylic acids is 1. The molecule has 1 N–H and O–H groups in total. The van der Waals surface area contributed by atoms with E-state index in [4.69, 9.17) is 4.74 Å². The molecule has 2 rings (SSSR count). The lowest BCUT2D eigenvalue weighted by Gasteiger charge is -2.26. The molecular weight excluding hydrogens is 400 g/mol. The first-order valence-electron chi connectivity index (χ1n) is 10.1. The van der Waals surface area contributed by atoms with Crippen molar-refractivity contribution in [2.75, 3.05) is 30.3 Å². The van der Waals surface area contributed by atoms with Gasteiger partial charge in [0.15, 0.2) is 0 Å². The van der Waals surface area contributed by atoms with Crippen LogP contribution in [-0.2, 0) is 14.8 Å². The molecule has 0 atom stereocenters. The van der Waals surface area contributed by atoms with Gasteiger partial charge in [-0.15, -0.1) is 0 Å². The van der Waals surface area contributed by atoms with E-state index in [1.807, 2.05) is 64.1 Å². The molecule has 0 bridgehead atoms. The summed E-state index contributed by atoms with van der Waals surface area (Å²) < 4.78 is 31.7. The Morgan fingerprint density at radius 2 is 1.67 bits per heavy atom. The van der Waals surface area contributed by atoms with E-state index in [0.29, 0.717) is 25.3 Å². The topological polar surface area (TPSA) is 75.7 Å². The third-order valence-electron chi connectivity index (χ3n) is 5.03. The first kappa shape index (κ1) is 23.7. The minimum atomic E-state index is -3.44. The fourth-order valence-electron chi connectivity index (χ4n) is 3.28. The number of hydrogen-bond acceptors (Lipinski definition) is 4. The second-order valence-electron chi connectivity index (χ2n) is 7.62. The van der Waals surface area contributed by atoms with E-state index in [-0.39, 0.29) is 18.9 Å². The second-order valence-corrected chi connectivity index (χ2v) is 9.53. The van der Waals surface area contributed by atoms with Crippen LogP contribution in [0, 0.1) is 27.7 Å². The molecule has 0 saturated carbocycles. The maximum atomic E-state index is 12.3. The maximum Gasteiger partial charge on any atom is 0.232 e. The summed E-state index contributed by atoms with van der Waals surface area (Å²) in [6.45, 7) is 8.90. The molecule has 0 aliphatic carbocycles. The van der Waals surface area contributed by atoms with Gasteiger partial charge in [0, 0.05) is 13.0 Å². The van der Waals surface area contributed by atoms with E-state index in [2.05, 4.69) is 5.32 Å². The zero-order chi connectivity index (χ0) is 22.3. The van der Waals surface area contributed by atoms with Crippen LogP contribution in [0.2, 0.25) is 0 Å². The molecule has 0 aliphatic heterocycles. The monoisotopic (exact) mass is 432 g/mol. The van der Waals surface area contributed by atoms with E-state index in [9.17, 15) is 13.2 Å². The predicted molar refractivity (Wildman–Crippen MR) is 122 cm³/mol. The molecule has 164 valence electrons. The lowest BCUT2D eigenvalue weighted by Crippen LogP contribution is -2.33.